The molecule has 96 valence electrons. The highest BCUT2D eigenvalue weighted by molar-refractivity contribution is 7.91. The third-order valence-electron chi connectivity index (χ3n) is 3.36. The number of aromatic nitrogens is 2. The Labute approximate surface area is 105 Å². The van der Waals surface area contributed by atoms with E-state index in [2.05, 4.69) is 4.98 Å². The van der Waals surface area contributed by atoms with Crippen LogP contribution in [0.5, 0.6) is 5.75 Å². The summed E-state index contributed by atoms with van der Waals surface area (Å²) >= 11 is 0. The molecule has 5 nitrogen and oxygen atoms in total. The lowest BCUT2D eigenvalue weighted by atomic mass is 10.1. The Morgan fingerprint density at radius 1 is 1.44 bits per heavy atom. The molecule has 0 aromatic carbocycles. The van der Waals surface area contributed by atoms with Gasteiger partial charge >= 0.3 is 0 Å². The standard InChI is InChI=1S/C12H14N2O3S/c1-17-11-3-2-10-6-13-12(14(10)7-11)9-4-5-18(15,16)8-9/h2-3,6-7,9H,4-5,8H2,1H3. The maximum Gasteiger partial charge on any atom is 0.151 e. The Bertz CT molecular complexity index is 690. The SMILES string of the molecule is COc1ccc2cnc(C3CCS(=O)(=O)C3)n2c1. The molecule has 1 saturated heterocycles. The van der Waals surface area contributed by atoms with Gasteiger partial charge in [0.25, 0.3) is 0 Å². The lowest BCUT2D eigenvalue weighted by Gasteiger charge is -2.08. The molecule has 1 aliphatic rings. The molecule has 0 amide bonds. The number of fused-ring (bicyclic) bond motifs is 1. The summed E-state index contributed by atoms with van der Waals surface area (Å²) in [4.78, 5) is 4.36. The molecule has 0 aliphatic carbocycles. The molecule has 1 unspecified atom stereocenters. The second-order valence-corrected chi connectivity index (χ2v) is 6.81. The molecule has 18 heavy (non-hydrogen) atoms. The van der Waals surface area contributed by atoms with E-state index in [9.17, 15) is 8.42 Å². The van der Waals surface area contributed by atoms with E-state index in [1.807, 2.05) is 22.7 Å². The largest absolute Gasteiger partial charge is 0.495 e. The lowest BCUT2D eigenvalue weighted by molar-refractivity contribution is 0.412. The van der Waals surface area contributed by atoms with Gasteiger partial charge in [-0.05, 0) is 18.6 Å². The number of methoxy groups -OCH3 is 1. The van der Waals surface area contributed by atoms with Gasteiger partial charge in [0.2, 0.25) is 0 Å². The summed E-state index contributed by atoms with van der Waals surface area (Å²) in [6.07, 6.45) is 4.26. The topological polar surface area (TPSA) is 60.7 Å². The summed E-state index contributed by atoms with van der Waals surface area (Å²) < 4.78 is 30.2. The zero-order valence-corrected chi connectivity index (χ0v) is 10.9. The summed E-state index contributed by atoms with van der Waals surface area (Å²) in [5, 5.41) is 0. The van der Waals surface area contributed by atoms with Crippen LogP contribution in [0.25, 0.3) is 5.52 Å². The zero-order chi connectivity index (χ0) is 12.8. The first-order chi connectivity index (χ1) is 8.59. The Hall–Kier alpha value is -1.56. The minimum atomic E-state index is -2.89. The van der Waals surface area contributed by atoms with Crippen molar-refractivity contribution in [2.24, 2.45) is 0 Å². The van der Waals surface area contributed by atoms with Crippen molar-refractivity contribution >= 4 is 15.4 Å². The fourth-order valence-electron chi connectivity index (χ4n) is 2.41. The molecule has 1 atom stereocenters. The molecular formula is C12H14N2O3S. The highest BCUT2D eigenvalue weighted by Gasteiger charge is 2.31. The fraction of sp³-hybridized carbons (Fsp3) is 0.417. The number of hydrogen-bond donors (Lipinski definition) is 0. The van der Waals surface area contributed by atoms with Gasteiger partial charge in [0.05, 0.1) is 36.5 Å². The first-order valence-corrected chi connectivity index (χ1v) is 7.62. The fourth-order valence-corrected chi connectivity index (χ4v) is 4.15. The molecule has 0 spiro atoms. The van der Waals surface area contributed by atoms with Gasteiger partial charge < -0.3 is 4.74 Å². The monoisotopic (exact) mass is 266 g/mol. The first kappa shape index (κ1) is 11.5. The van der Waals surface area contributed by atoms with Crippen molar-refractivity contribution in [1.29, 1.82) is 0 Å². The van der Waals surface area contributed by atoms with E-state index in [1.165, 1.54) is 0 Å². The van der Waals surface area contributed by atoms with E-state index >= 15 is 0 Å². The summed E-state index contributed by atoms with van der Waals surface area (Å²) in [6.45, 7) is 0. The van der Waals surface area contributed by atoms with Crippen molar-refractivity contribution in [3.05, 3.63) is 30.4 Å². The van der Waals surface area contributed by atoms with Crippen LogP contribution in [0.1, 0.15) is 18.2 Å². The van der Waals surface area contributed by atoms with E-state index in [4.69, 9.17) is 4.74 Å². The van der Waals surface area contributed by atoms with Gasteiger partial charge in [0.15, 0.2) is 9.84 Å². The molecule has 3 rings (SSSR count). The summed E-state index contributed by atoms with van der Waals surface area (Å²) in [7, 11) is -1.28. The molecule has 0 bridgehead atoms. The Balaban J connectivity index is 2.07. The zero-order valence-electron chi connectivity index (χ0n) is 10.0. The average molecular weight is 266 g/mol. The third-order valence-corrected chi connectivity index (χ3v) is 5.13. The van der Waals surface area contributed by atoms with Gasteiger partial charge in [-0.3, -0.25) is 4.40 Å². The van der Waals surface area contributed by atoms with Crippen molar-refractivity contribution in [2.45, 2.75) is 12.3 Å². The minimum Gasteiger partial charge on any atom is -0.495 e. The first-order valence-electron chi connectivity index (χ1n) is 5.80. The molecule has 2 aromatic rings. The van der Waals surface area contributed by atoms with Crippen LogP contribution in [0.4, 0.5) is 0 Å². The maximum atomic E-state index is 11.5. The van der Waals surface area contributed by atoms with Crippen LogP contribution in [0, 0.1) is 0 Å². The van der Waals surface area contributed by atoms with E-state index in [0.29, 0.717) is 6.42 Å². The van der Waals surface area contributed by atoms with Crippen LogP contribution in [-0.4, -0.2) is 36.4 Å². The molecular weight excluding hydrogens is 252 g/mol. The van der Waals surface area contributed by atoms with E-state index < -0.39 is 9.84 Å². The number of rotatable bonds is 2. The number of ether oxygens (including phenoxy) is 1. The molecule has 0 N–H and O–H groups in total. The van der Waals surface area contributed by atoms with Gasteiger partial charge in [-0.1, -0.05) is 0 Å². The second kappa shape index (κ2) is 3.98. The van der Waals surface area contributed by atoms with Gasteiger partial charge in [0.1, 0.15) is 11.6 Å². The van der Waals surface area contributed by atoms with Crippen molar-refractivity contribution in [1.82, 2.24) is 9.38 Å². The molecule has 0 radical (unpaired) electrons. The van der Waals surface area contributed by atoms with Gasteiger partial charge in [-0.25, -0.2) is 13.4 Å². The van der Waals surface area contributed by atoms with Crippen LogP contribution in [0.3, 0.4) is 0 Å². The normalized spacial score (nSPS) is 22.4. The number of nitrogens with zero attached hydrogens (tertiary/aromatic N) is 2. The lowest BCUT2D eigenvalue weighted by Crippen LogP contribution is -2.07. The van der Waals surface area contributed by atoms with E-state index in [0.717, 1.165) is 17.1 Å². The summed E-state index contributed by atoms with van der Waals surface area (Å²) in [5.41, 5.74) is 0.954. The average Bonchev–Trinajstić information content (AvgIpc) is 2.91. The van der Waals surface area contributed by atoms with Gasteiger partial charge in [-0.2, -0.15) is 0 Å². The van der Waals surface area contributed by atoms with E-state index in [1.54, 1.807) is 13.3 Å². The predicted octanol–water partition coefficient (Wildman–Crippen LogP) is 1.24. The van der Waals surface area contributed by atoms with Crippen LogP contribution in [0.15, 0.2) is 24.5 Å². The molecule has 6 heteroatoms. The maximum absolute atomic E-state index is 11.5. The molecule has 2 aromatic heterocycles. The van der Waals surface area contributed by atoms with Crippen LogP contribution >= 0.6 is 0 Å². The van der Waals surface area contributed by atoms with Crippen LogP contribution in [0.2, 0.25) is 0 Å². The van der Waals surface area contributed by atoms with Crippen molar-refractivity contribution in [3.63, 3.8) is 0 Å². The molecule has 1 fully saturated rings. The molecule has 3 heterocycles. The second-order valence-electron chi connectivity index (χ2n) is 4.58. The number of pyridine rings is 1. The third kappa shape index (κ3) is 1.86. The van der Waals surface area contributed by atoms with Crippen LogP contribution < -0.4 is 4.74 Å². The van der Waals surface area contributed by atoms with Crippen molar-refractivity contribution < 1.29 is 13.2 Å². The minimum absolute atomic E-state index is 0.00962. The Kier molecular flexibility index (Phi) is 2.55. The Morgan fingerprint density at radius 3 is 2.94 bits per heavy atom. The molecule has 0 saturated carbocycles. The smallest absolute Gasteiger partial charge is 0.151 e. The van der Waals surface area contributed by atoms with Gasteiger partial charge in [-0.15, -0.1) is 0 Å². The highest BCUT2D eigenvalue weighted by atomic mass is 32.2. The van der Waals surface area contributed by atoms with Crippen LogP contribution in [-0.2, 0) is 9.84 Å². The predicted molar refractivity (Wildman–Crippen MR) is 67.8 cm³/mol. The number of imidazole rings is 1. The molecule has 1 aliphatic heterocycles. The Morgan fingerprint density at radius 2 is 2.28 bits per heavy atom. The summed E-state index contributed by atoms with van der Waals surface area (Å²) in [5.74, 6) is 2.00. The quantitative estimate of drug-likeness (QED) is 0.820. The van der Waals surface area contributed by atoms with Crippen molar-refractivity contribution in [3.8, 4) is 5.75 Å². The highest BCUT2D eigenvalue weighted by Crippen LogP contribution is 2.29. The van der Waals surface area contributed by atoms with Crippen molar-refractivity contribution in [2.75, 3.05) is 18.6 Å². The van der Waals surface area contributed by atoms with Gasteiger partial charge in [0, 0.05) is 5.92 Å². The summed E-state index contributed by atoms with van der Waals surface area (Å²) in [6, 6.07) is 3.78. The number of sulfone groups is 1. The van der Waals surface area contributed by atoms with E-state index in [-0.39, 0.29) is 17.4 Å². The number of hydrogen-bond acceptors (Lipinski definition) is 4.